The van der Waals surface area contributed by atoms with Crippen molar-refractivity contribution in [3.8, 4) is 5.75 Å². The molecule has 2 rings (SSSR count). The van der Waals surface area contributed by atoms with Gasteiger partial charge in [0.15, 0.2) is 0 Å². The Hall–Kier alpha value is -1.06. The lowest BCUT2D eigenvalue weighted by Crippen LogP contribution is -2.50. The first-order chi connectivity index (χ1) is 8.26. The largest absolute Gasteiger partial charge is 0.497 e. The van der Waals surface area contributed by atoms with E-state index in [2.05, 4.69) is 35.3 Å². The van der Waals surface area contributed by atoms with E-state index in [9.17, 15) is 0 Å². The molecule has 3 nitrogen and oxygen atoms in total. The molecule has 1 heterocycles. The molecular formula is C14H22N2O. The highest BCUT2D eigenvalue weighted by atomic mass is 16.5. The third kappa shape index (κ3) is 2.05. The summed E-state index contributed by atoms with van der Waals surface area (Å²) in [6.07, 6.45) is 2.40. The number of hydrogen-bond acceptors (Lipinski definition) is 3. The van der Waals surface area contributed by atoms with Crippen molar-refractivity contribution < 1.29 is 4.74 Å². The van der Waals surface area contributed by atoms with Gasteiger partial charge in [0.1, 0.15) is 5.75 Å². The molecule has 1 unspecified atom stereocenters. The fourth-order valence-electron chi connectivity index (χ4n) is 2.94. The van der Waals surface area contributed by atoms with Gasteiger partial charge in [-0.05, 0) is 44.1 Å². The van der Waals surface area contributed by atoms with Crippen molar-refractivity contribution in [2.45, 2.75) is 25.4 Å². The minimum atomic E-state index is -0.0106. The first-order valence-corrected chi connectivity index (χ1v) is 6.35. The van der Waals surface area contributed by atoms with Crippen LogP contribution in [0.15, 0.2) is 24.3 Å². The Labute approximate surface area is 104 Å². The molecule has 1 aliphatic rings. The van der Waals surface area contributed by atoms with E-state index in [-0.39, 0.29) is 5.66 Å². The van der Waals surface area contributed by atoms with Crippen molar-refractivity contribution >= 4 is 0 Å². The van der Waals surface area contributed by atoms with Gasteiger partial charge in [-0.3, -0.25) is 10.2 Å². The van der Waals surface area contributed by atoms with Gasteiger partial charge in [-0.15, -0.1) is 0 Å². The number of hydrogen-bond donors (Lipinski definition) is 1. The summed E-state index contributed by atoms with van der Waals surface area (Å²) in [4.78, 5) is 2.50. The van der Waals surface area contributed by atoms with E-state index in [1.807, 2.05) is 13.1 Å². The van der Waals surface area contributed by atoms with E-state index in [0.717, 1.165) is 25.3 Å². The monoisotopic (exact) mass is 234 g/mol. The molecule has 1 aromatic rings. The van der Waals surface area contributed by atoms with Crippen LogP contribution in [0.25, 0.3) is 0 Å². The van der Waals surface area contributed by atoms with Gasteiger partial charge in [0, 0.05) is 6.54 Å². The molecule has 0 amide bonds. The van der Waals surface area contributed by atoms with Crippen LogP contribution in [-0.4, -0.2) is 32.1 Å². The van der Waals surface area contributed by atoms with Crippen LogP contribution in [-0.2, 0) is 5.66 Å². The summed E-state index contributed by atoms with van der Waals surface area (Å²) in [5.74, 6) is 0.931. The second-order valence-corrected chi connectivity index (χ2v) is 4.53. The first kappa shape index (κ1) is 12.4. The third-order valence-electron chi connectivity index (χ3n) is 3.85. The maximum absolute atomic E-state index is 5.33. The standard InChI is InChI=1S/C14H22N2O/c1-4-16-10-6-9-14(16,15-2)12-7-5-8-13(11-12)17-3/h5,7-8,11,15H,4,6,9-10H2,1-3H3. The Balaban J connectivity index is 2.39. The van der Waals surface area contributed by atoms with Gasteiger partial charge in [-0.1, -0.05) is 19.1 Å². The summed E-state index contributed by atoms with van der Waals surface area (Å²) in [6.45, 7) is 4.45. The molecular weight excluding hydrogens is 212 g/mol. The molecule has 1 N–H and O–H groups in total. The van der Waals surface area contributed by atoms with Crippen LogP contribution < -0.4 is 10.1 Å². The number of rotatable bonds is 4. The van der Waals surface area contributed by atoms with Crippen molar-refractivity contribution in [3.05, 3.63) is 29.8 Å². The van der Waals surface area contributed by atoms with Gasteiger partial charge in [-0.25, -0.2) is 0 Å². The number of nitrogens with zero attached hydrogens (tertiary/aromatic N) is 1. The topological polar surface area (TPSA) is 24.5 Å². The van der Waals surface area contributed by atoms with Gasteiger partial charge in [0.05, 0.1) is 12.8 Å². The van der Waals surface area contributed by atoms with Crippen LogP contribution in [0.3, 0.4) is 0 Å². The maximum Gasteiger partial charge on any atom is 0.119 e. The highest BCUT2D eigenvalue weighted by Gasteiger charge is 2.40. The van der Waals surface area contributed by atoms with Crippen LogP contribution in [0, 0.1) is 0 Å². The summed E-state index contributed by atoms with van der Waals surface area (Å²) < 4.78 is 5.33. The van der Waals surface area contributed by atoms with Gasteiger partial charge in [-0.2, -0.15) is 0 Å². The molecule has 0 aromatic heterocycles. The lowest BCUT2D eigenvalue weighted by Gasteiger charge is -2.38. The van der Waals surface area contributed by atoms with Crippen LogP contribution in [0.1, 0.15) is 25.3 Å². The van der Waals surface area contributed by atoms with Crippen LogP contribution in [0.5, 0.6) is 5.75 Å². The zero-order valence-corrected chi connectivity index (χ0v) is 11.0. The van der Waals surface area contributed by atoms with Crippen molar-refractivity contribution in [1.82, 2.24) is 10.2 Å². The number of likely N-dealkylation sites (tertiary alicyclic amines) is 1. The van der Waals surface area contributed by atoms with Crippen molar-refractivity contribution in [2.75, 3.05) is 27.2 Å². The highest BCUT2D eigenvalue weighted by Crippen LogP contribution is 2.36. The molecule has 1 saturated heterocycles. The summed E-state index contributed by atoms with van der Waals surface area (Å²) >= 11 is 0. The van der Waals surface area contributed by atoms with E-state index in [1.165, 1.54) is 12.0 Å². The number of benzene rings is 1. The molecule has 94 valence electrons. The fraction of sp³-hybridized carbons (Fsp3) is 0.571. The summed E-state index contributed by atoms with van der Waals surface area (Å²) in [5, 5.41) is 3.52. The Morgan fingerprint density at radius 1 is 1.47 bits per heavy atom. The average Bonchev–Trinajstić information content (AvgIpc) is 2.82. The van der Waals surface area contributed by atoms with Crippen LogP contribution in [0.4, 0.5) is 0 Å². The Bertz CT molecular complexity index is 380. The van der Waals surface area contributed by atoms with Crippen LogP contribution in [0.2, 0.25) is 0 Å². The molecule has 1 atom stereocenters. The molecule has 0 saturated carbocycles. The van der Waals surface area contributed by atoms with E-state index in [0.29, 0.717) is 0 Å². The third-order valence-corrected chi connectivity index (χ3v) is 3.85. The molecule has 1 aliphatic heterocycles. The molecule has 0 bridgehead atoms. The highest BCUT2D eigenvalue weighted by molar-refractivity contribution is 5.33. The zero-order chi connectivity index (χ0) is 12.3. The summed E-state index contributed by atoms with van der Waals surface area (Å²) in [7, 11) is 3.77. The smallest absolute Gasteiger partial charge is 0.119 e. The molecule has 0 radical (unpaired) electrons. The molecule has 17 heavy (non-hydrogen) atoms. The summed E-state index contributed by atoms with van der Waals surface area (Å²) in [6, 6.07) is 8.40. The lowest BCUT2D eigenvalue weighted by atomic mass is 9.96. The van der Waals surface area contributed by atoms with Gasteiger partial charge in [0.2, 0.25) is 0 Å². The van der Waals surface area contributed by atoms with Gasteiger partial charge >= 0.3 is 0 Å². The fourth-order valence-corrected chi connectivity index (χ4v) is 2.94. The lowest BCUT2D eigenvalue weighted by molar-refractivity contribution is 0.113. The van der Waals surface area contributed by atoms with E-state index in [1.54, 1.807) is 7.11 Å². The minimum absolute atomic E-state index is 0.0106. The average molecular weight is 234 g/mol. The van der Waals surface area contributed by atoms with Crippen molar-refractivity contribution in [3.63, 3.8) is 0 Å². The van der Waals surface area contributed by atoms with E-state index < -0.39 is 0 Å². The predicted molar refractivity (Wildman–Crippen MR) is 70.2 cm³/mol. The van der Waals surface area contributed by atoms with E-state index in [4.69, 9.17) is 4.74 Å². The van der Waals surface area contributed by atoms with Crippen LogP contribution >= 0.6 is 0 Å². The predicted octanol–water partition coefficient (Wildman–Crippen LogP) is 2.18. The second-order valence-electron chi connectivity index (χ2n) is 4.53. The SMILES string of the molecule is CCN1CCCC1(NC)c1cccc(OC)c1. The summed E-state index contributed by atoms with van der Waals surface area (Å²) in [5.41, 5.74) is 1.29. The second kappa shape index (κ2) is 5.07. The number of ether oxygens (including phenoxy) is 1. The number of methoxy groups -OCH3 is 1. The Morgan fingerprint density at radius 2 is 2.29 bits per heavy atom. The van der Waals surface area contributed by atoms with E-state index >= 15 is 0 Å². The Kier molecular flexibility index (Phi) is 3.69. The molecule has 1 aromatic carbocycles. The molecule has 3 heteroatoms. The van der Waals surface area contributed by atoms with Crippen molar-refractivity contribution in [1.29, 1.82) is 0 Å². The maximum atomic E-state index is 5.33. The number of nitrogens with one attached hydrogen (secondary N) is 1. The quantitative estimate of drug-likeness (QED) is 0.864. The molecule has 0 aliphatic carbocycles. The minimum Gasteiger partial charge on any atom is -0.497 e. The Morgan fingerprint density at radius 3 is 2.94 bits per heavy atom. The zero-order valence-electron chi connectivity index (χ0n) is 11.0. The van der Waals surface area contributed by atoms with Gasteiger partial charge in [0.25, 0.3) is 0 Å². The van der Waals surface area contributed by atoms with Crippen molar-refractivity contribution in [2.24, 2.45) is 0 Å². The van der Waals surface area contributed by atoms with Gasteiger partial charge < -0.3 is 4.74 Å². The normalized spacial score (nSPS) is 25.1. The molecule has 1 fully saturated rings. The molecule has 0 spiro atoms. The first-order valence-electron chi connectivity index (χ1n) is 6.35.